The Morgan fingerprint density at radius 2 is 1.70 bits per heavy atom. The Labute approximate surface area is 155 Å². The van der Waals surface area contributed by atoms with Crippen molar-refractivity contribution in [2.24, 2.45) is 0 Å². The maximum atomic E-state index is 12.5. The zero-order valence-corrected chi connectivity index (χ0v) is 14.3. The summed E-state index contributed by atoms with van der Waals surface area (Å²) in [5.74, 6) is -0.158. The van der Waals surface area contributed by atoms with Crippen LogP contribution in [0.25, 0.3) is 16.9 Å². The highest BCUT2D eigenvalue weighted by Gasteiger charge is 2.14. The van der Waals surface area contributed by atoms with Crippen LogP contribution >= 0.6 is 0 Å². The van der Waals surface area contributed by atoms with E-state index in [-0.39, 0.29) is 11.3 Å². The summed E-state index contributed by atoms with van der Waals surface area (Å²) in [4.78, 5) is 16.6. The molecule has 0 radical (unpaired) electrons. The summed E-state index contributed by atoms with van der Waals surface area (Å²) in [5.41, 5.74) is 2.89. The van der Waals surface area contributed by atoms with Crippen molar-refractivity contribution in [3.05, 3.63) is 90.9 Å². The zero-order valence-electron chi connectivity index (χ0n) is 14.3. The van der Waals surface area contributed by atoms with Gasteiger partial charge in [-0.2, -0.15) is 5.10 Å². The van der Waals surface area contributed by atoms with E-state index in [0.29, 0.717) is 11.5 Å². The molecule has 0 aliphatic rings. The van der Waals surface area contributed by atoms with Gasteiger partial charge >= 0.3 is 0 Å². The molecule has 0 atom stereocenters. The molecule has 4 aromatic rings. The summed E-state index contributed by atoms with van der Waals surface area (Å²) in [6.45, 7) is 0. The average Bonchev–Trinajstić information content (AvgIpc) is 3.24. The number of hydrogen-bond donors (Lipinski definition) is 2. The zero-order chi connectivity index (χ0) is 18.6. The molecule has 2 N–H and O–H groups in total. The van der Waals surface area contributed by atoms with Crippen molar-refractivity contribution in [3.63, 3.8) is 0 Å². The first-order chi connectivity index (χ1) is 13.2. The van der Waals surface area contributed by atoms with Crippen LogP contribution in [-0.2, 0) is 0 Å². The molecule has 0 bridgehead atoms. The van der Waals surface area contributed by atoms with E-state index in [2.05, 4.69) is 15.4 Å². The maximum absolute atomic E-state index is 12.5. The van der Waals surface area contributed by atoms with Gasteiger partial charge in [-0.1, -0.05) is 42.5 Å². The number of rotatable bonds is 4. The minimum absolute atomic E-state index is 0.0954. The lowest BCUT2D eigenvalue weighted by Crippen LogP contribution is -2.13. The van der Waals surface area contributed by atoms with Gasteiger partial charge in [-0.15, -0.1) is 0 Å². The van der Waals surface area contributed by atoms with Crippen LogP contribution in [0, 0.1) is 0 Å². The third-order valence-electron chi connectivity index (χ3n) is 4.10. The number of nitrogens with one attached hydrogen (secondary N) is 1. The van der Waals surface area contributed by atoms with Gasteiger partial charge in [0.25, 0.3) is 5.91 Å². The molecule has 2 heterocycles. The molecule has 6 nitrogen and oxygen atoms in total. The van der Waals surface area contributed by atoms with Crippen LogP contribution in [0.5, 0.6) is 5.75 Å². The number of aromatic hydroxyl groups is 1. The van der Waals surface area contributed by atoms with E-state index in [9.17, 15) is 9.90 Å². The number of amides is 1. The fraction of sp³-hybridized carbons (Fsp3) is 0. The molecule has 0 saturated heterocycles. The molecule has 2 aromatic heterocycles. The number of nitrogens with zero attached hydrogens (tertiary/aromatic N) is 3. The SMILES string of the molecule is O=C(Nc1ccc(-c2ccccc2)cc1)c1cnc(-n2cccn2)cc1O. The quantitative estimate of drug-likeness (QED) is 0.581. The highest BCUT2D eigenvalue weighted by atomic mass is 16.3. The largest absolute Gasteiger partial charge is 0.507 e. The van der Waals surface area contributed by atoms with Crippen molar-refractivity contribution in [2.75, 3.05) is 5.32 Å². The number of pyridine rings is 1. The first-order valence-electron chi connectivity index (χ1n) is 8.36. The predicted molar refractivity (Wildman–Crippen MR) is 103 cm³/mol. The Hall–Kier alpha value is -3.93. The van der Waals surface area contributed by atoms with E-state index in [1.54, 1.807) is 18.5 Å². The van der Waals surface area contributed by atoms with Crippen LogP contribution in [0.4, 0.5) is 5.69 Å². The minimum Gasteiger partial charge on any atom is -0.507 e. The molecular weight excluding hydrogens is 340 g/mol. The fourth-order valence-electron chi connectivity index (χ4n) is 2.71. The van der Waals surface area contributed by atoms with Gasteiger partial charge < -0.3 is 10.4 Å². The molecule has 6 heteroatoms. The number of carbonyl (C=O) groups is 1. The van der Waals surface area contributed by atoms with Crippen LogP contribution in [0.1, 0.15) is 10.4 Å². The molecule has 2 aromatic carbocycles. The number of carbonyl (C=O) groups excluding carboxylic acids is 1. The third kappa shape index (κ3) is 3.55. The smallest absolute Gasteiger partial charge is 0.261 e. The third-order valence-corrected chi connectivity index (χ3v) is 4.10. The Morgan fingerprint density at radius 1 is 0.963 bits per heavy atom. The first-order valence-corrected chi connectivity index (χ1v) is 8.36. The molecule has 27 heavy (non-hydrogen) atoms. The lowest BCUT2D eigenvalue weighted by molar-refractivity contribution is 0.102. The number of aromatic nitrogens is 3. The van der Waals surface area contributed by atoms with Crippen LogP contribution in [-0.4, -0.2) is 25.8 Å². The highest BCUT2D eigenvalue weighted by molar-refractivity contribution is 6.06. The van der Waals surface area contributed by atoms with E-state index >= 15 is 0 Å². The second kappa shape index (κ2) is 7.13. The molecule has 4 rings (SSSR count). The molecule has 0 saturated carbocycles. The fourth-order valence-corrected chi connectivity index (χ4v) is 2.71. The van der Waals surface area contributed by atoms with Gasteiger partial charge in [0.15, 0.2) is 5.82 Å². The molecule has 0 aliphatic carbocycles. The van der Waals surface area contributed by atoms with Crippen molar-refractivity contribution in [3.8, 4) is 22.7 Å². The average molecular weight is 356 g/mol. The number of hydrogen-bond acceptors (Lipinski definition) is 4. The lowest BCUT2D eigenvalue weighted by atomic mass is 10.1. The Kier molecular flexibility index (Phi) is 4.37. The molecule has 0 fully saturated rings. The normalized spacial score (nSPS) is 10.5. The predicted octanol–water partition coefficient (Wildman–Crippen LogP) is 3.89. The second-order valence-corrected chi connectivity index (χ2v) is 5.91. The Bertz CT molecular complexity index is 1060. The molecule has 1 amide bonds. The highest BCUT2D eigenvalue weighted by Crippen LogP contribution is 2.23. The molecule has 132 valence electrons. The van der Waals surface area contributed by atoms with Gasteiger partial charge in [-0.3, -0.25) is 4.79 Å². The first kappa shape index (κ1) is 16.5. The summed E-state index contributed by atoms with van der Waals surface area (Å²) in [5, 5.41) is 17.0. The van der Waals surface area contributed by atoms with E-state index in [4.69, 9.17) is 0 Å². The molecule has 0 spiro atoms. The Balaban J connectivity index is 1.51. The number of benzene rings is 2. The van der Waals surface area contributed by atoms with Crippen molar-refractivity contribution < 1.29 is 9.90 Å². The molecular formula is C21H16N4O2. The van der Waals surface area contributed by atoms with Gasteiger partial charge in [-0.05, 0) is 29.3 Å². The van der Waals surface area contributed by atoms with Gasteiger partial charge in [0.05, 0.1) is 5.56 Å². The van der Waals surface area contributed by atoms with Crippen LogP contribution < -0.4 is 5.32 Å². The summed E-state index contributed by atoms with van der Waals surface area (Å²) in [6, 6.07) is 20.6. The van der Waals surface area contributed by atoms with E-state index in [1.807, 2.05) is 54.6 Å². The van der Waals surface area contributed by atoms with Crippen LogP contribution in [0.15, 0.2) is 85.3 Å². The molecule has 0 aliphatic heterocycles. The summed E-state index contributed by atoms with van der Waals surface area (Å²) in [6.07, 6.45) is 4.65. The number of anilines is 1. The van der Waals surface area contributed by atoms with Gasteiger partial charge in [-0.25, -0.2) is 9.67 Å². The van der Waals surface area contributed by atoms with Crippen molar-refractivity contribution in [2.45, 2.75) is 0 Å². The minimum atomic E-state index is -0.431. The topological polar surface area (TPSA) is 80.0 Å². The van der Waals surface area contributed by atoms with Gasteiger partial charge in [0, 0.05) is 30.3 Å². The lowest BCUT2D eigenvalue weighted by Gasteiger charge is -2.09. The monoisotopic (exact) mass is 356 g/mol. The van der Waals surface area contributed by atoms with Crippen molar-refractivity contribution in [1.29, 1.82) is 0 Å². The van der Waals surface area contributed by atoms with E-state index < -0.39 is 5.91 Å². The second-order valence-electron chi connectivity index (χ2n) is 5.91. The van der Waals surface area contributed by atoms with Crippen LogP contribution in [0.3, 0.4) is 0 Å². The van der Waals surface area contributed by atoms with Crippen LogP contribution in [0.2, 0.25) is 0 Å². The Morgan fingerprint density at radius 3 is 2.37 bits per heavy atom. The summed E-state index contributed by atoms with van der Waals surface area (Å²) >= 11 is 0. The van der Waals surface area contributed by atoms with E-state index in [1.165, 1.54) is 16.9 Å². The van der Waals surface area contributed by atoms with Gasteiger partial charge in [0.2, 0.25) is 0 Å². The summed E-state index contributed by atoms with van der Waals surface area (Å²) < 4.78 is 1.50. The van der Waals surface area contributed by atoms with Gasteiger partial charge in [0.1, 0.15) is 5.75 Å². The van der Waals surface area contributed by atoms with Crippen molar-refractivity contribution >= 4 is 11.6 Å². The maximum Gasteiger partial charge on any atom is 0.261 e. The van der Waals surface area contributed by atoms with Crippen molar-refractivity contribution in [1.82, 2.24) is 14.8 Å². The summed E-state index contributed by atoms with van der Waals surface area (Å²) in [7, 11) is 0. The molecule has 0 unspecified atom stereocenters. The standard InChI is InChI=1S/C21H16N4O2/c26-19-13-20(25-12-4-11-23-25)22-14-18(19)21(27)24-17-9-7-16(8-10-17)15-5-2-1-3-6-15/h1-14H,(H,22,26)(H,24,27). The van der Waals surface area contributed by atoms with E-state index in [0.717, 1.165) is 11.1 Å².